The first-order valence-corrected chi connectivity index (χ1v) is 11.2. The molecule has 0 bridgehead atoms. The number of nitrogens with zero attached hydrogens (tertiary/aromatic N) is 3. The highest BCUT2D eigenvalue weighted by Gasteiger charge is 2.32. The van der Waals surface area contributed by atoms with Gasteiger partial charge in [-0.25, -0.2) is 0 Å². The largest absolute Gasteiger partial charge is 0.375 e. The molecule has 1 unspecified atom stereocenters. The fourth-order valence-corrected chi connectivity index (χ4v) is 4.66. The molecule has 0 aromatic heterocycles. The standard InChI is InChI=1S/C24H30N4O3/c29-24(27-15-7-10-21(27)18-26-13-5-2-6-14-26)20-11-12-22(23(16-20)28(30)31)25-17-19-8-3-1-4-9-19/h1,3-4,8-9,11-12,16,21,25H,2,5-7,10,13-15,17-18H2. The number of hydrogen-bond donors (Lipinski definition) is 1. The van der Waals surface area contributed by atoms with Crippen LogP contribution in [0.1, 0.15) is 48.0 Å². The summed E-state index contributed by atoms with van der Waals surface area (Å²) in [5, 5.41) is 14.8. The first kappa shape index (κ1) is 21.3. The predicted molar refractivity (Wildman–Crippen MR) is 121 cm³/mol. The van der Waals surface area contributed by atoms with Gasteiger partial charge in [0.25, 0.3) is 11.6 Å². The van der Waals surface area contributed by atoms with Crippen LogP contribution in [0.2, 0.25) is 0 Å². The summed E-state index contributed by atoms with van der Waals surface area (Å²) in [6.45, 7) is 4.32. The van der Waals surface area contributed by atoms with E-state index in [1.807, 2.05) is 35.2 Å². The number of hydrogen-bond acceptors (Lipinski definition) is 5. The van der Waals surface area contributed by atoms with Crippen molar-refractivity contribution in [2.24, 2.45) is 0 Å². The lowest BCUT2D eigenvalue weighted by Crippen LogP contribution is -2.44. The smallest absolute Gasteiger partial charge is 0.293 e. The van der Waals surface area contributed by atoms with Gasteiger partial charge in [-0.3, -0.25) is 14.9 Å². The number of carbonyl (C=O) groups excluding carboxylic acids is 1. The second-order valence-electron chi connectivity index (χ2n) is 8.48. The molecule has 2 fully saturated rings. The molecule has 2 heterocycles. The molecule has 1 amide bonds. The van der Waals surface area contributed by atoms with Crippen molar-refractivity contribution < 1.29 is 9.72 Å². The highest BCUT2D eigenvalue weighted by atomic mass is 16.6. The highest BCUT2D eigenvalue weighted by molar-refractivity contribution is 5.96. The van der Waals surface area contributed by atoms with Gasteiger partial charge in [-0.05, 0) is 56.5 Å². The number of amides is 1. The summed E-state index contributed by atoms with van der Waals surface area (Å²) in [6, 6.07) is 14.7. The van der Waals surface area contributed by atoms with Gasteiger partial charge in [0.2, 0.25) is 0 Å². The molecule has 0 radical (unpaired) electrons. The Labute approximate surface area is 183 Å². The van der Waals surface area contributed by atoms with Crippen molar-refractivity contribution >= 4 is 17.3 Å². The number of carbonyl (C=O) groups is 1. The number of benzene rings is 2. The molecular weight excluding hydrogens is 392 g/mol. The van der Waals surface area contributed by atoms with Gasteiger partial charge in [0.15, 0.2) is 0 Å². The molecule has 1 atom stereocenters. The van der Waals surface area contributed by atoms with E-state index in [9.17, 15) is 14.9 Å². The molecule has 2 aromatic rings. The molecule has 2 aliphatic heterocycles. The Hall–Kier alpha value is -2.93. The summed E-state index contributed by atoms with van der Waals surface area (Å²) in [5.74, 6) is -0.0998. The lowest BCUT2D eigenvalue weighted by atomic mass is 10.1. The van der Waals surface area contributed by atoms with Crippen LogP contribution in [0.25, 0.3) is 0 Å². The Morgan fingerprint density at radius 3 is 2.55 bits per heavy atom. The molecule has 31 heavy (non-hydrogen) atoms. The topological polar surface area (TPSA) is 78.7 Å². The Morgan fingerprint density at radius 1 is 1.03 bits per heavy atom. The van der Waals surface area contributed by atoms with Gasteiger partial charge in [0, 0.05) is 37.3 Å². The number of nitrogens with one attached hydrogen (secondary N) is 1. The van der Waals surface area contributed by atoms with E-state index >= 15 is 0 Å². The van der Waals surface area contributed by atoms with Crippen molar-refractivity contribution in [2.45, 2.75) is 44.7 Å². The van der Waals surface area contributed by atoms with Gasteiger partial charge < -0.3 is 15.1 Å². The molecule has 1 N–H and O–H groups in total. The fraction of sp³-hybridized carbons (Fsp3) is 0.458. The molecule has 0 saturated carbocycles. The van der Waals surface area contributed by atoms with E-state index in [1.165, 1.54) is 25.3 Å². The zero-order chi connectivity index (χ0) is 21.6. The molecular formula is C24H30N4O3. The lowest BCUT2D eigenvalue weighted by molar-refractivity contribution is -0.384. The van der Waals surface area contributed by atoms with Gasteiger partial charge in [0.1, 0.15) is 5.69 Å². The second-order valence-corrected chi connectivity index (χ2v) is 8.48. The van der Waals surface area contributed by atoms with Crippen LogP contribution in [-0.2, 0) is 6.54 Å². The number of rotatable bonds is 7. The maximum atomic E-state index is 13.2. The van der Waals surface area contributed by atoms with E-state index in [2.05, 4.69) is 10.2 Å². The Kier molecular flexibility index (Phi) is 6.82. The van der Waals surface area contributed by atoms with E-state index in [1.54, 1.807) is 12.1 Å². The lowest BCUT2D eigenvalue weighted by Gasteiger charge is -2.33. The van der Waals surface area contributed by atoms with Gasteiger partial charge in [-0.1, -0.05) is 36.8 Å². The van der Waals surface area contributed by atoms with E-state index in [4.69, 9.17) is 0 Å². The number of likely N-dealkylation sites (tertiary alicyclic amines) is 2. The monoisotopic (exact) mass is 422 g/mol. The normalized spacial score (nSPS) is 19.4. The summed E-state index contributed by atoms with van der Waals surface area (Å²) in [5.41, 5.74) is 1.79. The fourth-order valence-electron chi connectivity index (χ4n) is 4.66. The van der Waals surface area contributed by atoms with Crippen molar-refractivity contribution in [3.05, 3.63) is 69.8 Å². The maximum absolute atomic E-state index is 13.2. The summed E-state index contributed by atoms with van der Waals surface area (Å²) in [4.78, 5) is 28.9. The van der Waals surface area contributed by atoms with Crippen LogP contribution in [0.5, 0.6) is 0 Å². The van der Waals surface area contributed by atoms with Crippen LogP contribution in [0.3, 0.4) is 0 Å². The Morgan fingerprint density at radius 2 is 1.81 bits per heavy atom. The van der Waals surface area contributed by atoms with E-state index < -0.39 is 4.92 Å². The molecule has 0 aliphatic carbocycles. The average Bonchev–Trinajstić information content (AvgIpc) is 3.26. The van der Waals surface area contributed by atoms with Crippen molar-refractivity contribution in [1.29, 1.82) is 0 Å². The zero-order valence-corrected chi connectivity index (χ0v) is 17.8. The van der Waals surface area contributed by atoms with Gasteiger partial charge in [0.05, 0.1) is 4.92 Å². The molecule has 7 nitrogen and oxygen atoms in total. The van der Waals surface area contributed by atoms with Gasteiger partial charge in [-0.2, -0.15) is 0 Å². The van der Waals surface area contributed by atoms with Crippen molar-refractivity contribution in [3.8, 4) is 0 Å². The van der Waals surface area contributed by atoms with Crippen LogP contribution >= 0.6 is 0 Å². The van der Waals surface area contributed by atoms with Gasteiger partial charge in [-0.15, -0.1) is 0 Å². The maximum Gasteiger partial charge on any atom is 0.293 e. The van der Waals surface area contributed by atoms with Crippen LogP contribution in [-0.4, -0.2) is 52.9 Å². The van der Waals surface area contributed by atoms with Crippen LogP contribution in [0.15, 0.2) is 48.5 Å². The second kappa shape index (κ2) is 9.92. The van der Waals surface area contributed by atoms with Crippen molar-refractivity contribution in [2.75, 3.05) is 31.5 Å². The van der Waals surface area contributed by atoms with Crippen LogP contribution < -0.4 is 5.32 Å². The van der Waals surface area contributed by atoms with E-state index in [0.717, 1.165) is 44.6 Å². The first-order chi connectivity index (χ1) is 15.1. The van der Waals surface area contributed by atoms with Crippen LogP contribution in [0, 0.1) is 10.1 Å². The third kappa shape index (κ3) is 5.22. The number of nitro groups is 1. The molecule has 2 aromatic carbocycles. The molecule has 2 aliphatic rings. The predicted octanol–water partition coefficient (Wildman–Crippen LogP) is 4.30. The number of piperidine rings is 1. The van der Waals surface area contributed by atoms with E-state index in [0.29, 0.717) is 17.8 Å². The van der Waals surface area contributed by atoms with Crippen molar-refractivity contribution in [1.82, 2.24) is 9.80 Å². The number of anilines is 1. The summed E-state index contributed by atoms with van der Waals surface area (Å²) < 4.78 is 0. The minimum atomic E-state index is -0.417. The van der Waals surface area contributed by atoms with Crippen LogP contribution in [0.4, 0.5) is 11.4 Å². The Bertz CT molecular complexity index is 912. The quantitative estimate of drug-likeness (QED) is 0.532. The third-order valence-electron chi connectivity index (χ3n) is 6.32. The minimum absolute atomic E-state index is 0.0615. The molecule has 0 spiro atoms. The summed E-state index contributed by atoms with van der Waals surface area (Å²) in [7, 11) is 0. The minimum Gasteiger partial charge on any atom is -0.375 e. The third-order valence-corrected chi connectivity index (χ3v) is 6.32. The van der Waals surface area contributed by atoms with E-state index in [-0.39, 0.29) is 17.6 Å². The summed E-state index contributed by atoms with van der Waals surface area (Å²) in [6.07, 6.45) is 5.73. The zero-order valence-electron chi connectivity index (χ0n) is 17.8. The first-order valence-electron chi connectivity index (χ1n) is 11.2. The summed E-state index contributed by atoms with van der Waals surface area (Å²) >= 11 is 0. The molecule has 7 heteroatoms. The highest BCUT2D eigenvalue weighted by Crippen LogP contribution is 2.29. The van der Waals surface area contributed by atoms with Crippen molar-refractivity contribution in [3.63, 3.8) is 0 Å². The molecule has 4 rings (SSSR count). The van der Waals surface area contributed by atoms with Gasteiger partial charge >= 0.3 is 0 Å². The average molecular weight is 423 g/mol. The SMILES string of the molecule is O=C(c1ccc(NCc2ccccc2)c([N+](=O)[O-])c1)N1CCCC1CN1CCCCC1. The Balaban J connectivity index is 1.47. The molecule has 164 valence electrons. The number of nitro benzene ring substituents is 1. The molecule has 2 saturated heterocycles.